The lowest BCUT2D eigenvalue weighted by Crippen LogP contribution is -2.50. The molecule has 8 heteroatoms. The van der Waals surface area contributed by atoms with E-state index in [0.717, 1.165) is 5.56 Å². The van der Waals surface area contributed by atoms with Crippen LogP contribution in [0.25, 0.3) is 11.3 Å². The van der Waals surface area contributed by atoms with Crippen LogP contribution < -0.4 is 15.1 Å². The topological polar surface area (TPSA) is 78.4 Å². The van der Waals surface area contributed by atoms with E-state index in [9.17, 15) is 14.0 Å². The van der Waals surface area contributed by atoms with Crippen molar-refractivity contribution in [2.75, 3.05) is 28.2 Å². The molecular weight excluding hydrogens is 409 g/mol. The molecule has 3 aromatic rings. The maximum Gasteiger partial charge on any atom is 0.329 e. The lowest BCUT2D eigenvalue weighted by atomic mass is 9.97. The van der Waals surface area contributed by atoms with Gasteiger partial charge in [-0.1, -0.05) is 24.3 Å². The Morgan fingerprint density at radius 3 is 2.75 bits per heavy atom. The SMILES string of the molecule is CC(C)(F)c1cccc(-c2ccc3c(n2)N(C(=O)Nc2ccccn2)C2CN3CC2=O)c1. The molecule has 2 aliphatic heterocycles. The third kappa shape index (κ3) is 3.47. The molecule has 0 radical (unpaired) electrons. The lowest BCUT2D eigenvalue weighted by molar-refractivity contribution is -0.117. The lowest BCUT2D eigenvalue weighted by Gasteiger charge is -2.34. The number of rotatable bonds is 3. The van der Waals surface area contributed by atoms with Crippen LogP contribution >= 0.6 is 0 Å². The number of anilines is 3. The highest BCUT2D eigenvalue weighted by molar-refractivity contribution is 6.12. The summed E-state index contributed by atoms with van der Waals surface area (Å²) in [6.45, 7) is 3.67. The van der Waals surface area contributed by atoms with Crippen molar-refractivity contribution in [1.82, 2.24) is 9.97 Å². The van der Waals surface area contributed by atoms with E-state index in [0.29, 0.717) is 35.1 Å². The number of aromatic nitrogens is 2. The van der Waals surface area contributed by atoms with Crippen LogP contribution in [0.5, 0.6) is 0 Å². The standard InChI is InChI=1S/C24H22FN5O2/c1-24(2,25)16-7-5-6-15(12-16)17-9-10-18-22(27-17)30(19-13-29(18)14-20(19)31)23(32)28-21-8-3-4-11-26-21/h3-12,19H,13-14H2,1-2H3,(H,26,28,32). The summed E-state index contributed by atoms with van der Waals surface area (Å²) in [5, 5.41) is 2.76. The Labute approximate surface area is 184 Å². The zero-order valence-corrected chi connectivity index (χ0v) is 17.7. The summed E-state index contributed by atoms with van der Waals surface area (Å²) in [5.74, 6) is 0.755. The molecule has 2 bridgehead atoms. The van der Waals surface area contributed by atoms with Gasteiger partial charge in [-0.15, -0.1) is 0 Å². The van der Waals surface area contributed by atoms with Gasteiger partial charge < -0.3 is 4.90 Å². The van der Waals surface area contributed by atoms with E-state index >= 15 is 0 Å². The molecule has 1 aromatic carbocycles. The third-order valence-corrected chi connectivity index (χ3v) is 5.81. The minimum absolute atomic E-state index is 0.0399. The zero-order chi connectivity index (χ0) is 22.5. The monoisotopic (exact) mass is 431 g/mol. The molecular formula is C24H22FN5O2. The molecule has 1 N–H and O–H groups in total. The Hall–Kier alpha value is -3.81. The summed E-state index contributed by atoms with van der Waals surface area (Å²) < 4.78 is 14.5. The number of hydrogen-bond donors (Lipinski definition) is 1. The number of halogens is 1. The first kappa shape index (κ1) is 20.1. The van der Waals surface area contributed by atoms with Gasteiger partial charge in [0.2, 0.25) is 0 Å². The molecule has 162 valence electrons. The van der Waals surface area contributed by atoms with Crippen molar-refractivity contribution in [2.24, 2.45) is 0 Å². The summed E-state index contributed by atoms with van der Waals surface area (Å²) >= 11 is 0. The molecule has 0 saturated carbocycles. The van der Waals surface area contributed by atoms with Crippen molar-refractivity contribution < 1.29 is 14.0 Å². The van der Waals surface area contributed by atoms with Crippen molar-refractivity contribution in [3.8, 4) is 11.3 Å². The van der Waals surface area contributed by atoms with E-state index in [-0.39, 0.29) is 12.3 Å². The van der Waals surface area contributed by atoms with Crippen LogP contribution in [-0.2, 0) is 10.5 Å². The number of nitrogens with one attached hydrogen (secondary N) is 1. The first-order valence-electron chi connectivity index (χ1n) is 10.4. The number of hydrogen-bond acceptors (Lipinski definition) is 5. The van der Waals surface area contributed by atoms with Crippen LogP contribution in [0.4, 0.5) is 26.5 Å². The predicted molar refractivity (Wildman–Crippen MR) is 121 cm³/mol. The average molecular weight is 431 g/mol. The molecule has 5 rings (SSSR count). The number of urea groups is 1. The fourth-order valence-electron chi connectivity index (χ4n) is 4.14. The second-order valence-electron chi connectivity index (χ2n) is 8.47. The zero-order valence-electron chi connectivity index (χ0n) is 17.7. The number of carbonyl (C=O) groups excluding carboxylic acids is 2. The number of alkyl halides is 1. The van der Waals surface area contributed by atoms with Gasteiger partial charge in [0, 0.05) is 18.3 Å². The van der Waals surface area contributed by atoms with E-state index in [2.05, 4.69) is 10.3 Å². The Balaban J connectivity index is 1.56. The first-order valence-corrected chi connectivity index (χ1v) is 10.4. The third-order valence-electron chi connectivity index (χ3n) is 5.81. The predicted octanol–water partition coefficient (Wildman–Crippen LogP) is 4.16. The van der Waals surface area contributed by atoms with Gasteiger partial charge in [-0.2, -0.15) is 0 Å². The molecule has 7 nitrogen and oxygen atoms in total. The van der Waals surface area contributed by atoms with Crippen molar-refractivity contribution >= 4 is 29.1 Å². The largest absolute Gasteiger partial charge is 0.359 e. The summed E-state index contributed by atoms with van der Waals surface area (Å²) in [7, 11) is 0. The number of benzene rings is 1. The van der Waals surface area contributed by atoms with E-state index in [1.807, 2.05) is 23.1 Å². The molecule has 2 aliphatic rings. The minimum Gasteiger partial charge on any atom is -0.359 e. The van der Waals surface area contributed by atoms with Crippen LogP contribution in [0.15, 0.2) is 60.8 Å². The van der Waals surface area contributed by atoms with Crippen LogP contribution in [0, 0.1) is 0 Å². The molecule has 2 aromatic heterocycles. The number of amides is 2. The number of ketones is 1. The van der Waals surface area contributed by atoms with Crippen LogP contribution in [-0.4, -0.2) is 40.9 Å². The number of carbonyl (C=O) groups is 2. The van der Waals surface area contributed by atoms with Crippen LogP contribution in [0.2, 0.25) is 0 Å². The van der Waals surface area contributed by atoms with E-state index < -0.39 is 17.7 Å². The Bertz CT molecular complexity index is 1210. The number of nitrogens with zero attached hydrogens (tertiary/aromatic N) is 4. The number of fused-ring (bicyclic) bond motifs is 4. The first-order chi connectivity index (χ1) is 15.3. The molecule has 0 spiro atoms. The normalized spacial score (nSPS) is 17.3. The second-order valence-corrected chi connectivity index (χ2v) is 8.47. The van der Waals surface area contributed by atoms with Crippen molar-refractivity contribution in [1.29, 1.82) is 0 Å². The minimum atomic E-state index is -1.49. The Morgan fingerprint density at radius 1 is 1.16 bits per heavy atom. The molecule has 1 saturated heterocycles. The van der Waals surface area contributed by atoms with Gasteiger partial charge in [0.05, 0.1) is 17.9 Å². The second kappa shape index (κ2) is 7.40. The molecule has 0 aliphatic carbocycles. The summed E-state index contributed by atoms with van der Waals surface area (Å²) in [4.78, 5) is 38.1. The Kier molecular flexibility index (Phi) is 4.65. The maximum atomic E-state index is 14.5. The van der Waals surface area contributed by atoms with Crippen LogP contribution in [0.3, 0.4) is 0 Å². The van der Waals surface area contributed by atoms with Gasteiger partial charge in [0.15, 0.2) is 11.6 Å². The molecule has 32 heavy (non-hydrogen) atoms. The number of Topliss-reactive ketones (excluding diaryl/α,β-unsaturated/α-hetero) is 1. The van der Waals surface area contributed by atoms with Crippen molar-refractivity contribution in [3.63, 3.8) is 0 Å². The Morgan fingerprint density at radius 2 is 2.00 bits per heavy atom. The maximum absolute atomic E-state index is 14.5. The average Bonchev–Trinajstić information content (AvgIpc) is 3.10. The highest BCUT2D eigenvalue weighted by Gasteiger charge is 2.45. The summed E-state index contributed by atoms with van der Waals surface area (Å²) in [5.41, 5.74) is 1.10. The van der Waals surface area contributed by atoms with Crippen molar-refractivity contribution in [2.45, 2.75) is 25.6 Å². The van der Waals surface area contributed by atoms with E-state index in [1.54, 1.807) is 42.6 Å². The summed E-state index contributed by atoms with van der Waals surface area (Å²) in [6, 6.07) is 14.9. The van der Waals surface area contributed by atoms with Gasteiger partial charge in [0.1, 0.15) is 17.5 Å². The molecule has 1 atom stereocenters. The molecule has 2 amide bonds. The quantitative estimate of drug-likeness (QED) is 0.674. The van der Waals surface area contributed by atoms with E-state index in [1.165, 1.54) is 18.7 Å². The smallest absolute Gasteiger partial charge is 0.329 e. The molecule has 1 fully saturated rings. The van der Waals surface area contributed by atoms with Gasteiger partial charge in [-0.05, 0) is 49.7 Å². The van der Waals surface area contributed by atoms with Gasteiger partial charge in [-0.3, -0.25) is 15.0 Å². The van der Waals surface area contributed by atoms with Gasteiger partial charge >= 0.3 is 6.03 Å². The van der Waals surface area contributed by atoms with Crippen LogP contribution in [0.1, 0.15) is 19.4 Å². The molecule has 4 heterocycles. The highest BCUT2D eigenvalue weighted by atomic mass is 19.1. The van der Waals surface area contributed by atoms with E-state index in [4.69, 9.17) is 4.98 Å². The molecule has 1 unspecified atom stereocenters. The number of pyridine rings is 2. The fourth-order valence-corrected chi connectivity index (χ4v) is 4.14. The fraction of sp³-hybridized carbons (Fsp3) is 0.250. The summed E-state index contributed by atoms with van der Waals surface area (Å²) in [6.07, 6.45) is 1.58. The van der Waals surface area contributed by atoms with Crippen molar-refractivity contribution in [3.05, 3.63) is 66.4 Å². The highest BCUT2D eigenvalue weighted by Crippen LogP contribution is 2.39. The van der Waals surface area contributed by atoms with Gasteiger partial charge in [-0.25, -0.2) is 19.2 Å². The van der Waals surface area contributed by atoms with Gasteiger partial charge in [0.25, 0.3) is 0 Å².